The smallest absolute Gasteiger partial charge is 0.331 e. The Morgan fingerprint density at radius 1 is 1.15 bits per heavy atom. The number of hydrogen-bond donors (Lipinski definition) is 1. The van der Waals surface area contributed by atoms with Crippen LogP contribution in [0, 0.1) is 34.5 Å². The molecule has 5 aliphatic carbocycles. The molecule has 0 aromatic carbocycles. The molecule has 6 rings (SSSR count). The van der Waals surface area contributed by atoms with Gasteiger partial charge in [-0.15, -0.1) is 0 Å². The molecular weight excluding hydrogens is 338 g/mol. The maximum atomic E-state index is 12.1. The molecule has 6 atom stereocenters. The van der Waals surface area contributed by atoms with Crippen molar-refractivity contribution >= 4 is 11.7 Å². The molecule has 0 bridgehead atoms. The van der Waals surface area contributed by atoms with E-state index in [0.717, 1.165) is 36.8 Å². The van der Waals surface area contributed by atoms with Crippen molar-refractivity contribution in [3.8, 4) is 0 Å². The van der Waals surface area contributed by atoms with E-state index in [9.17, 15) is 10.0 Å². The van der Waals surface area contributed by atoms with Gasteiger partial charge in [-0.3, -0.25) is 0 Å². The Morgan fingerprint density at radius 2 is 2.00 bits per heavy atom. The molecule has 1 aliphatic heterocycles. The zero-order valence-electron chi connectivity index (χ0n) is 16.1. The quantitative estimate of drug-likeness (QED) is 0.386. The molecule has 2 spiro atoms. The summed E-state index contributed by atoms with van der Waals surface area (Å²) in [6, 6.07) is 0. The van der Waals surface area contributed by atoms with Gasteiger partial charge in [0.2, 0.25) is 0 Å². The van der Waals surface area contributed by atoms with Crippen LogP contribution in [0.1, 0.15) is 64.7 Å². The predicted octanol–water partition coefficient (Wildman–Crippen LogP) is 4.63. The van der Waals surface area contributed by atoms with E-state index in [1.165, 1.54) is 44.1 Å². The topological polar surface area (TPSA) is 58.9 Å². The van der Waals surface area contributed by atoms with Gasteiger partial charge in [0.05, 0.1) is 5.71 Å². The maximum absolute atomic E-state index is 12.1. The van der Waals surface area contributed by atoms with Gasteiger partial charge in [-0.05, 0) is 93.6 Å². The second kappa shape index (κ2) is 5.07. The Balaban J connectivity index is 1.37. The fourth-order valence-corrected chi connectivity index (χ4v) is 8.34. The molecule has 4 unspecified atom stereocenters. The third kappa shape index (κ3) is 1.85. The summed E-state index contributed by atoms with van der Waals surface area (Å²) in [5.74, 6) is 2.73. The Hall–Kier alpha value is -1.58. The molecule has 4 nitrogen and oxygen atoms in total. The van der Waals surface area contributed by atoms with E-state index in [1.807, 2.05) is 0 Å². The summed E-state index contributed by atoms with van der Waals surface area (Å²) in [5.41, 5.74) is 2.39. The van der Waals surface area contributed by atoms with E-state index in [0.29, 0.717) is 11.8 Å². The molecule has 0 amide bonds. The van der Waals surface area contributed by atoms with Gasteiger partial charge in [-0.1, -0.05) is 17.7 Å². The summed E-state index contributed by atoms with van der Waals surface area (Å²) in [5, 5.41) is 12.6. The molecule has 6 aliphatic rings. The van der Waals surface area contributed by atoms with Crippen molar-refractivity contribution in [2.75, 3.05) is 0 Å². The highest BCUT2D eigenvalue weighted by Crippen LogP contribution is 2.78. The molecule has 4 saturated carbocycles. The zero-order valence-corrected chi connectivity index (χ0v) is 16.1. The van der Waals surface area contributed by atoms with E-state index in [4.69, 9.17) is 4.74 Å². The van der Waals surface area contributed by atoms with Crippen LogP contribution in [0.4, 0.5) is 0 Å². The van der Waals surface area contributed by atoms with Gasteiger partial charge in [-0.2, -0.15) is 0 Å². The maximum Gasteiger partial charge on any atom is 0.331 e. The number of fused-ring (bicyclic) bond motifs is 7. The molecule has 0 aromatic rings. The van der Waals surface area contributed by atoms with Gasteiger partial charge in [-0.25, -0.2) is 4.79 Å². The Morgan fingerprint density at radius 3 is 2.70 bits per heavy atom. The minimum atomic E-state index is -0.327. The normalized spacial score (nSPS) is 50.3. The summed E-state index contributed by atoms with van der Waals surface area (Å²) < 4.78 is 6.17. The van der Waals surface area contributed by atoms with Crippen molar-refractivity contribution < 1.29 is 14.7 Å². The van der Waals surface area contributed by atoms with Crippen LogP contribution in [0.5, 0.6) is 0 Å². The van der Waals surface area contributed by atoms with E-state index >= 15 is 0 Å². The van der Waals surface area contributed by atoms with Crippen molar-refractivity contribution in [2.45, 2.75) is 70.3 Å². The lowest BCUT2D eigenvalue weighted by Gasteiger charge is -2.55. The van der Waals surface area contributed by atoms with Crippen molar-refractivity contribution in [1.29, 1.82) is 0 Å². The van der Waals surface area contributed by atoms with Gasteiger partial charge in [0, 0.05) is 16.9 Å². The van der Waals surface area contributed by atoms with Gasteiger partial charge in [0.15, 0.2) is 0 Å². The number of ether oxygens (including phenoxy) is 1. The highest BCUT2D eigenvalue weighted by Gasteiger charge is 2.77. The fourth-order valence-electron chi connectivity index (χ4n) is 8.34. The number of carbonyl (C=O) groups excluding carboxylic acids is 1. The number of esters is 1. The molecule has 144 valence electrons. The summed E-state index contributed by atoms with van der Waals surface area (Å²) in [7, 11) is 0. The molecular formula is C23H29NO3. The SMILES string of the molecule is C[C@]12CCC3C4CC/C(=N/O)C=C4CCC3C1CC1(CC1)[C@@]21C=CC(=O)O1. The number of allylic oxidation sites excluding steroid dienone is 2. The first-order valence-electron chi connectivity index (χ1n) is 10.9. The van der Waals surface area contributed by atoms with Crippen molar-refractivity contribution in [3.63, 3.8) is 0 Å². The second-order valence-electron chi connectivity index (χ2n) is 10.4. The van der Waals surface area contributed by atoms with Crippen LogP contribution in [0.25, 0.3) is 0 Å². The molecule has 0 saturated heterocycles. The lowest BCUT2D eigenvalue weighted by Crippen LogP contribution is -2.54. The average molecular weight is 367 g/mol. The first-order valence-corrected chi connectivity index (χ1v) is 10.9. The second-order valence-corrected chi connectivity index (χ2v) is 10.4. The summed E-state index contributed by atoms with van der Waals surface area (Å²) in [4.78, 5) is 12.1. The zero-order chi connectivity index (χ0) is 18.4. The number of nitrogens with zero attached hydrogens (tertiary/aromatic N) is 1. The van der Waals surface area contributed by atoms with Gasteiger partial charge in [0.25, 0.3) is 0 Å². The van der Waals surface area contributed by atoms with Crippen LogP contribution in [-0.4, -0.2) is 22.5 Å². The van der Waals surface area contributed by atoms with E-state index in [2.05, 4.69) is 24.2 Å². The molecule has 27 heavy (non-hydrogen) atoms. The van der Waals surface area contributed by atoms with E-state index in [1.54, 1.807) is 6.08 Å². The van der Waals surface area contributed by atoms with Crippen LogP contribution in [0.2, 0.25) is 0 Å². The largest absolute Gasteiger partial charge is 0.450 e. The van der Waals surface area contributed by atoms with Crippen LogP contribution >= 0.6 is 0 Å². The minimum Gasteiger partial charge on any atom is -0.450 e. The summed E-state index contributed by atoms with van der Waals surface area (Å²) in [6.45, 7) is 2.44. The van der Waals surface area contributed by atoms with Gasteiger partial charge >= 0.3 is 5.97 Å². The third-order valence-corrected chi connectivity index (χ3v) is 9.65. The van der Waals surface area contributed by atoms with Crippen LogP contribution in [0.15, 0.2) is 29.0 Å². The van der Waals surface area contributed by atoms with Crippen LogP contribution in [-0.2, 0) is 9.53 Å². The lowest BCUT2D eigenvalue weighted by atomic mass is 9.50. The Bertz CT molecular complexity index is 806. The third-order valence-electron chi connectivity index (χ3n) is 9.65. The summed E-state index contributed by atoms with van der Waals surface area (Å²) in [6.07, 6.45) is 16.6. The van der Waals surface area contributed by atoms with Crippen LogP contribution < -0.4 is 0 Å². The Kier molecular flexibility index (Phi) is 3.07. The number of hydrogen-bond acceptors (Lipinski definition) is 4. The standard InChI is InChI=1S/C23H29NO3/c1-21-8-6-17-16-5-3-15(24-26)12-14(16)2-4-18(17)19(21)13-22(10-11-22)23(21)9-7-20(25)27-23/h7,9,12,16-19,26H,2-6,8,10-11,13H2,1H3/b24-15-/t16?,17?,18?,19?,21-,23+/m0/s1. The van der Waals surface area contributed by atoms with Gasteiger partial charge in [0.1, 0.15) is 5.60 Å². The van der Waals surface area contributed by atoms with E-state index in [-0.39, 0.29) is 22.4 Å². The molecule has 1 N–H and O–H groups in total. The van der Waals surface area contributed by atoms with E-state index < -0.39 is 0 Å². The number of oxime groups is 1. The predicted molar refractivity (Wildman–Crippen MR) is 101 cm³/mol. The van der Waals surface area contributed by atoms with Crippen molar-refractivity contribution in [1.82, 2.24) is 0 Å². The molecule has 4 fully saturated rings. The Labute approximate surface area is 160 Å². The molecule has 4 heteroatoms. The average Bonchev–Trinajstić information content (AvgIpc) is 3.30. The van der Waals surface area contributed by atoms with Gasteiger partial charge < -0.3 is 9.94 Å². The molecule has 0 radical (unpaired) electrons. The first kappa shape index (κ1) is 16.4. The van der Waals surface area contributed by atoms with Crippen molar-refractivity contribution in [2.24, 2.45) is 39.7 Å². The lowest BCUT2D eigenvalue weighted by molar-refractivity contribution is -0.168. The molecule has 0 aromatic heterocycles. The molecule has 1 heterocycles. The monoisotopic (exact) mass is 367 g/mol. The number of rotatable bonds is 0. The van der Waals surface area contributed by atoms with Crippen molar-refractivity contribution in [3.05, 3.63) is 23.8 Å². The fraction of sp³-hybridized carbons (Fsp3) is 0.739. The summed E-state index contributed by atoms with van der Waals surface area (Å²) >= 11 is 0. The first-order chi connectivity index (χ1) is 13.0. The number of carbonyl (C=O) groups is 1. The van der Waals surface area contributed by atoms with Crippen LogP contribution in [0.3, 0.4) is 0 Å². The minimum absolute atomic E-state index is 0.0981. The highest BCUT2D eigenvalue weighted by atomic mass is 16.6. The highest BCUT2D eigenvalue weighted by molar-refractivity contribution is 5.96.